The summed E-state index contributed by atoms with van der Waals surface area (Å²) in [6.45, 7) is 7.66. The van der Waals surface area contributed by atoms with Crippen LogP contribution in [0.4, 0.5) is 5.69 Å². The molecular weight excluding hydrogens is 226 g/mol. The Morgan fingerprint density at radius 1 is 1.28 bits per heavy atom. The van der Waals surface area contributed by atoms with Gasteiger partial charge in [0.25, 0.3) is 0 Å². The average Bonchev–Trinajstić information content (AvgIpc) is 2.33. The van der Waals surface area contributed by atoms with Gasteiger partial charge in [-0.25, -0.2) is 0 Å². The van der Waals surface area contributed by atoms with Crippen LogP contribution in [0, 0.1) is 13.8 Å². The van der Waals surface area contributed by atoms with Gasteiger partial charge in [-0.05, 0) is 32.4 Å². The summed E-state index contributed by atoms with van der Waals surface area (Å²) < 4.78 is 0. The smallest absolute Gasteiger partial charge is 0.242 e. The summed E-state index contributed by atoms with van der Waals surface area (Å²) in [4.78, 5) is 12.1. The molecular formula is C14H21N3O. The lowest BCUT2D eigenvalue weighted by atomic mass is 10.1. The summed E-state index contributed by atoms with van der Waals surface area (Å²) in [5.41, 5.74) is 3.20. The highest BCUT2D eigenvalue weighted by molar-refractivity contribution is 5.95. The van der Waals surface area contributed by atoms with E-state index in [4.69, 9.17) is 0 Å². The third-order valence-electron chi connectivity index (χ3n) is 3.30. The number of benzene rings is 1. The third-order valence-corrected chi connectivity index (χ3v) is 3.30. The minimum Gasteiger partial charge on any atom is -0.324 e. The van der Waals surface area contributed by atoms with Gasteiger partial charge in [0, 0.05) is 24.8 Å². The highest BCUT2D eigenvalue weighted by atomic mass is 16.2. The molecule has 4 heteroatoms. The van der Waals surface area contributed by atoms with Crippen molar-refractivity contribution < 1.29 is 4.79 Å². The van der Waals surface area contributed by atoms with Gasteiger partial charge in [-0.1, -0.05) is 17.7 Å². The van der Waals surface area contributed by atoms with Crippen molar-refractivity contribution in [2.75, 3.05) is 18.4 Å². The molecule has 0 aromatic heterocycles. The maximum absolute atomic E-state index is 12.1. The van der Waals surface area contributed by atoms with Gasteiger partial charge < -0.3 is 16.0 Å². The van der Waals surface area contributed by atoms with Gasteiger partial charge >= 0.3 is 0 Å². The molecule has 18 heavy (non-hydrogen) atoms. The largest absolute Gasteiger partial charge is 0.324 e. The molecule has 1 amide bonds. The molecule has 1 aromatic carbocycles. The van der Waals surface area contributed by atoms with E-state index in [-0.39, 0.29) is 11.9 Å². The summed E-state index contributed by atoms with van der Waals surface area (Å²) >= 11 is 0. The zero-order chi connectivity index (χ0) is 13.1. The van der Waals surface area contributed by atoms with Crippen molar-refractivity contribution >= 4 is 11.6 Å². The number of hydrogen-bond donors (Lipinski definition) is 3. The second-order valence-electron chi connectivity index (χ2n) is 5.08. The van der Waals surface area contributed by atoms with Crippen molar-refractivity contribution in [3.63, 3.8) is 0 Å². The lowest BCUT2D eigenvalue weighted by Gasteiger charge is -2.28. The quantitative estimate of drug-likeness (QED) is 0.736. The van der Waals surface area contributed by atoms with Crippen molar-refractivity contribution in [1.29, 1.82) is 0 Å². The van der Waals surface area contributed by atoms with Crippen LogP contribution < -0.4 is 16.0 Å². The van der Waals surface area contributed by atoms with Crippen molar-refractivity contribution in [1.82, 2.24) is 10.6 Å². The molecule has 4 nitrogen and oxygen atoms in total. The first kappa shape index (κ1) is 13.1. The van der Waals surface area contributed by atoms with Gasteiger partial charge in [-0.2, -0.15) is 0 Å². The molecule has 3 N–H and O–H groups in total. The molecule has 1 fully saturated rings. The number of piperazine rings is 1. The standard InChI is InChI=1S/C14H21N3O/c1-9-4-5-12(10(2)6-9)17-14(18)13-8-15-11(3)7-16-13/h4-6,11,13,15-16H,7-8H2,1-3H3,(H,17,18). The Morgan fingerprint density at radius 2 is 2.06 bits per heavy atom. The number of carbonyl (C=O) groups is 1. The van der Waals surface area contributed by atoms with E-state index in [1.54, 1.807) is 0 Å². The summed E-state index contributed by atoms with van der Waals surface area (Å²) in [6.07, 6.45) is 0. The number of hydrogen-bond acceptors (Lipinski definition) is 3. The van der Waals surface area contributed by atoms with E-state index >= 15 is 0 Å². The van der Waals surface area contributed by atoms with Gasteiger partial charge in [0.2, 0.25) is 5.91 Å². The van der Waals surface area contributed by atoms with Crippen molar-refractivity contribution in [3.8, 4) is 0 Å². The maximum Gasteiger partial charge on any atom is 0.242 e. The number of carbonyl (C=O) groups excluding carboxylic acids is 1. The monoisotopic (exact) mass is 247 g/mol. The third kappa shape index (κ3) is 3.09. The molecule has 2 atom stereocenters. The molecule has 1 saturated heterocycles. The Morgan fingerprint density at radius 3 is 2.67 bits per heavy atom. The van der Waals surface area contributed by atoms with E-state index in [9.17, 15) is 4.79 Å². The number of rotatable bonds is 2. The van der Waals surface area contributed by atoms with E-state index in [0.717, 1.165) is 17.8 Å². The number of nitrogens with one attached hydrogen (secondary N) is 3. The first-order valence-electron chi connectivity index (χ1n) is 6.41. The molecule has 1 aliphatic rings. The van der Waals surface area contributed by atoms with Crippen LogP contribution in [0.1, 0.15) is 18.1 Å². The molecule has 1 aromatic rings. The lowest BCUT2D eigenvalue weighted by molar-refractivity contribution is -0.118. The van der Waals surface area contributed by atoms with Crippen LogP contribution >= 0.6 is 0 Å². The van der Waals surface area contributed by atoms with E-state index in [1.807, 2.05) is 26.0 Å². The topological polar surface area (TPSA) is 53.2 Å². The zero-order valence-electron chi connectivity index (χ0n) is 11.2. The lowest BCUT2D eigenvalue weighted by Crippen LogP contribution is -2.57. The van der Waals surface area contributed by atoms with Crippen LogP contribution in [0.3, 0.4) is 0 Å². The molecule has 0 aliphatic carbocycles. The van der Waals surface area contributed by atoms with Gasteiger partial charge in [0.1, 0.15) is 0 Å². The normalized spacial score (nSPS) is 23.7. The Kier molecular flexibility index (Phi) is 3.99. The average molecular weight is 247 g/mol. The number of amides is 1. The fourth-order valence-electron chi connectivity index (χ4n) is 2.14. The molecule has 98 valence electrons. The fourth-order valence-corrected chi connectivity index (χ4v) is 2.14. The fraction of sp³-hybridized carbons (Fsp3) is 0.500. The predicted molar refractivity (Wildman–Crippen MR) is 73.8 cm³/mol. The second-order valence-corrected chi connectivity index (χ2v) is 5.08. The van der Waals surface area contributed by atoms with Gasteiger partial charge in [0.05, 0.1) is 6.04 Å². The summed E-state index contributed by atoms with van der Waals surface area (Å²) in [6, 6.07) is 6.32. The maximum atomic E-state index is 12.1. The molecule has 0 radical (unpaired) electrons. The molecule has 1 heterocycles. The molecule has 0 saturated carbocycles. The summed E-state index contributed by atoms with van der Waals surface area (Å²) in [5.74, 6) is 0.0290. The molecule has 2 rings (SSSR count). The van der Waals surface area contributed by atoms with Crippen LogP contribution in [-0.4, -0.2) is 31.1 Å². The molecule has 0 bridgehead atoms. The van der Waals surface area contributed by atoms with Crippen LogP contribution in [0.15, 0.2) is 18.2 Å². The minimum atomic E-state index is -0.151. The first-order valence-corrected chi connectivity index (χ1v) is 6.41. The van der Waals surface area contributed by atoms with Crippen LogP contribution in [0.5, 0.6) is 0 Å². The van der Waals surface area contributed by atoms with Crippen LogP contribution in [-0.2, 0) is 4.79 Å². The van der Waals surface area contributed by atoms with E-state index < -0.39 is 0 Å². The van der Waals surface area contributed by atoms with Crippen LogP contribution in [0.2, 0.25) is 0 Å². The Balaban J connectivity index is 1.98. The van der Waals surface area contributed by atoms with Crippen molar-refractivity contribution in [3.05, 3.63) is 29.3 Å². The van der Waals surface area contributed by atoms with E-state index in [0.29, 0.717) is 12.6 Å². The first-order chi connectivity index (χ1) is 8.56. The van der Waals surface area contributed by atoms with E-state index in [1.165, 1.54) is 5.56 Å². The zero-order valence-corrected chi connectivity index (χ0v) is 11.2. The number of anilines is 1. The van der Waals surface area contributed by atoms with Gasteiger partial charge in [-0.15, -0.1) is 0 Å². The van der Waals surface area contributed by atoms with Gasteiger partial charge in [0.15, 0.2) is 0 Å². The van der Waals surface area contributed by atoms with Gasteiger partial charge in [-0.3, -0.25) is 4.79 Å². The Hall–Kier alpha value is -1.39. The second kappa shape index (κ2) is 5.50. The summed E-state index contributed by atoms with van der Waals surface area (Å²) in [7, 11) is 0. The molecule has 2 unspecified atom stereocenters. The Bertz CT molecular complexity index is 437. The van der Waals surface area contributed by atoms with Crippen LogP contribution in [0.25, 0.3) is 0 Å². The molecule has 1 aliphatic heterocycles. The summed E-state index contributed by atoms with van der Waals surface area (Å²) in [5, 5.41) is 9.52. The SMILES string of the molecule is Cc1ccc(NC(=O)C2CNC(C)CN2)c(C)c1. The highest BCUT2D eigenvalue weighted by Crippen LogP contribution is 2.16. The highest BCUT2D eigenvalue weighted by Gasteiger charge is 2.23. The minimum absolute atomic E-state index is 0.0290. The van der Waals surface area contributed by atoms with Crippen molar-refractivity contribution in [2.45, 2.75) is 32.9 Å². The van der Waals surface area contributed by atoms with E-state index in [2.05, 4.69) is 28.9 Å². The predicted octanol–water partition coefficient (Wildman–Crippen LogP) is 1.19. The van der Waals surface area contributed by atoms with Crippen molar-refractivity contribution in [2.24, 2.45) is 0 Å². The Labute approximate surface area is 108 Å². The molecule has 0 spiro atoms. The number of aryl methyl sites for hydroxylation is 2.